The van der Waals surface area contributed by atoms with E-state index in [-0.39, 0.29) is 6.61 Å². The molecule has 0 amide bonds. The Morgan fingerprint density at radius 3 is 2.42 bits per heavy atom. The molecule has 2 rings (SSSR count). The van der Waals surface area contributed by atoms with Crippen molar-refractivity contribution in [2.75, 3.05) is 21.3 Å². The van der Waals surface area contributed by atoms with E-state index in [1.165, 1.54) is 26.4 Å². The molecule has 0 aliphatic carbocycles. The second-order valence-corrected chi connectivity index (χ2v) is 6.19. The highest BCUT2D eigenvalue weighted by Gasteiger charge is 2.30. The molecular weight excluding hydrogens is 413 g/mol. The Kier molecular flexibility index (Phi) is 8.56. The van der Waals surface area contributed by atoms with Crippen molar-refractivity contribution >= 4 is 17.3 Å². The zero-order chi connectivity index (χ0) is 22.9. The minimum Gasteiger partial charge on any atom is -0.399 e. The predicted molar refractivity (Wildman–Crippen MR) is 112 cm³/mol. The molecule has 31 heavy (non-hydrogen) atoms. The molecular formula is C21H23F3N4O3. The monoisotopic (exact) mass is 436 g/mol. The Morgan fingerprint density at radius 1 is 1.03 bits per heavy atom. The summed E-state index contributed by atoms with van der Waals surface area (Å²) in [6.07, 6.45) is -4.43. The fourth-order valence-corrected chi connectivity index (χ4v) is 2.66. The van der Waals surface area contributed by atoms with Crippen LogP contribution in [0.5, 0.6) is 0 Å². The molecule has 0 aromatic heterocycles. The Bertz CT molecular complexity index is 972. The molecule has 0 unspecified atom stereocenters. The van der Waals surface area contributed by atoms with Gasteiger partial charge < -0.3 is 9.68 Å². The smallest absolute Gasteiger partial charge is 0.399 e. The van der Waals surface area contributed by atoms with Crippen LogP contribution >= 0.6 is 0 Å². The number of oxime groups is 2. The molecule has 1 N–H and O–H groups in total. The Labute approximate surface area is 178 Å². The van der Waals surface area contributed by atoms with Crippen molar-refractivity contribution in [1.29, 1.82) is 0 Å². The molecule has 0 aliphatic rings. The topological polar surface area (TPSA) is 76.8 Å². The van der Waals surface area contributed by atoms with Gasteiger partial charge in [-0.3, -0.25) is 9.83 Å². The van der Waals surface area contributed by atoms with Crippen LogP contribution in [-0.2, 0) is 27.3 Å². The normalized spacial score (nSPS) is 13.2. The van der Waals surface area contributed by atoms with Crippen molar-refractivity contribution in [3.63, 3.8) is 0 Å². The lowest BCUT2D eigenvalue weighted by Crippen LogP contribution is -2.32. The van der Waals surface area contributed by atoms with Gasteiger partial charge in [0.15, 0.2) is 11.5 Å². The van der Waals surface area contributed by atoms with Gasteiger partial charge in [0, 0.05) is 18.2 Å². The summed E-state index contributed by atoms with van der Waals surface area (Å²) in [6.45, 7) is 1.61. The molecule has 0 spiro atoms. The van der Waals surface area contributed by atoms with Gasteiger partial charge in [0.2, 0.25) is 0 Å². The van der Waals surface area contributed by atoms with Crippen LogP contribution in [-0.4, -0.2) is 38.5 Å². The number of benzene rings is 2. The minimum absolute atomic E-state index is 0.0409. The maximum atomic E-state index is 12.9. The Balaban J connectivity index is 2.24. The summed E-state index contributed by atoms with van der Waals surface area (Å²) in [4.78, 5) is 19.4. The molecule has 2 aromatic rings. The van der Waals surface area contributed by atoms with E-state index in [2.05, 4.69) is 20.8 Å². The Hall–Kier alpha value is -3.40. The Morgan fingerprint density at radius 2 is 1.77 bits per heavy atom. The number of hydroxylamine groups is 1. The summed E-state index contributed by atoms with van der Waals surface area (Å²) >= 11 is 0. The quantitative estimate of drug-likeness (QED) is 0.383. The van der Waals surface area contributed by atoms with E-state index in [9.17, 15) is 13.2 Å². The lowest BCUT2D eigenvalue weighted by Gasteiger charge is -2.13. The zero-order valence-electron chi connectivity index (χ0n) is 17.5. The maximum Gasteiger partial charge on any atom is 0.416 e. The summed E-state index contributed by atoms with van der Waals surface area (Å²) in [5, 5.41) is 7.98. The minimum atomic E-state index is -4.43. The number of aliphatic imine (C=N–C) groups is 1. The molecule has 10 heteroatoms. The van der Waals surface area contributed by atoms with Crippen molar-refractivity contribution in [2.45, 2.75) is 19.7 Å². The fraction of sp³-hybridized carbons (Fsp3) is 0.286. The number of nitrogens with zero attached hydrogens (tertiary/aromatic N) is 3. The average molecular weight is 436 g/mol. The first-order chi connectivity index (χ1) is 14.8. The number of nitrogens with one attached hydrogen (secondary N) is 1. The molecule has 166 valence electrons. The summed E-state index contributed by atoms with van der Waals surface area (Å²) in [6, 6.07) is 12.1. The third-order valence-corrected chi connectivity index (χ3v) is 4.13. The summed E-state index contributed by atoms with van der Waals surface area (Å²) in [5.74, 6) is 0.334. The standard InChI is InChI=1S/C21H23F3N4O3/c1-14(15-9-7-10-17(12-15)21(22,23)24)26-31-13-16-8-5-6-11-18(16)19(27-29-3)20(25-2)28-30-4/h5-12H,13H2,1-4H3,(H,25,28)/b26-14+,27-19-. The average Bonchev–Trinajstić information content (AvgIpc) is 2.76. The maximum absolute atomic E-state index is 12.9. The molecule has 0 aliphatic heterocycles. The van der Waals surface area contributed by atoms with Crippen LogP contribution in [0.3, 0.4) is 0 Å². The van der Waals surface area contributed by atoms with Crippen molar-refractivity contribution in [2.24, 2.45) is 15.3 Å². The van der Waals surface area contributed by atoms with Gasteiger partial charge in [0.25, 0.3) is 0 Å². The van der Waals surface area contributed by atoms with Crippen LogP contribution < -0.4 is 5.48 Å². The highest BCUT2D eigenvalue weighted by Crippen LogP contribution is 2.29. The SMILES string of the molecule is CN=C(NOC)/C(=N\OC)c1ccccc1CO/N=C(\C)c1cccc(C(F)(F)F)c1. The van der Waals surface area contributed by atoms with E-state index in [0.29, 0.717) is 33.9 Å². The van der Waals surface area contributed by atoms with Gasteiger partial charge in [-0.15, -0.1) is 0 Å². The van der Waals surface area contributed by atoms with Crippen LogP contribution in [0.15, 0.2) is 63.8 Å². The molecule has 0 fully saturated rings. The summed E-state index contributed by atoms with van der Waals surface area (Å²) in [5.41, 5.74) is 4.25. The largest absolute Gasteiger partial charge is 0.416 e. The van der Waals surface area contributed by atoms with Gasteiger partial charge >= 0.3 is 6.18 Å². The van der Waals surface area contributed by atoms with Crippen LogP contribution in [0.4, 0.5) is 13.2 Å². The van der Waals surface area contributed by atoms with E-state index in [0.717, 1.165) is 12.1 Å². The first-order valence-corrected chi connectivity index (χ1v) is 9.11. The molecule has 0 radical (unpaired) electrons. The highest BCUT2D eigenvalue weighted by atomic mass is 19.4. The number of rotatable bonds is 8. The first-order valence-electron chi connectivity index (χ1n) is 9.11. The predicted octanol–water partition coefficient (Wildman–Crippen LogP) is 4.18. The van der Waals surface area contributed by atoms with Crippen molar-refractivity contribution in [3.8, 4) is 0 Å². The molecule has 0 heterocycles. The summed E-state index contributed by atoms with van der Waals surface area (Å²) < 4.78 is 38.8. The van der Waals surface area contributed by atoms with E-state index in [1.54, 1.807) is 32.2 Å². The molecule has 0 bridgehead atoms. The van der Waals surface area contributed by atoms with Crippen LogP contribution in [0.2, 0.25) is 0 Å². The van der Waals surface area contributed by atoms with Gasteiger partial charge in [-0.25, -0.2) is 5.48 Å². The second kappa shape index (κ2) is 11.1. The molecule has 0 saturated carbocycles. The number of alkyl halides is 3. The van der Waals surface area contributed by atoms with E-state index >= 15 is 0 Å². The third kappa shape index (κ3) is 6.54. The molecule has 7 nitrogen and oxygen atoms in total. The van der Waals surface area contributed by atoms with E-state index in [4.69, 9.17) is 14.5 Å². The summed E-state index contributed by atoms with van der Waals surface area (Å²) in [7, 11) is 4.41. The van der Waals surface area contributed by atoms with Gasteiger partial charge in [0.05, 0.1) is 18.4 Å². The lowest BCUT2D eigenvalue weighted by molar-refractivity contribution is -0.137. The van der Waals surface area contributed by atoms with Crippen molar-refractivity contribution < 1.29 is 27.7 Å². The third-order valence-electron chi connectivity index (χ3n) is 4.13. The van der Waals surface area contributed by atoms with Gasteiger partial charge in [-0.2, -0.15) is 13.2 Å². The fourth-order valence-electron chi connectivity index (χ4n) is 2.66. The molecule has 2 aromatic carbocycles. The number of amidine groups is 1. The van der Waals surface area contributed by atoms with Crippen LogP contribution in [0.1, 0.15) is 29.2 Å². The molecule has 0 saturated heterocycles. The van der Waals surface area contributed by atoms with E-state index < -0.39 is 11.7 Å². The number of hydrogen-bond donors (Lipinski definition) is 1. The van der Waals surface area contributed by atoms with E-state index in [1.807, 2.05) is 6.07 Å². The molecule has 0 atom stereocenters. The zero-order valence-corrected chi connectivity index (χ0v) is 17.5. The number of hydrogen-bond acceptors (Lipinski definition) is 6. The van der Waals surface area contributed by atoms with Crippen LogP contribution in [0, 0.1) is 0 Å². The van der Waals surface area contributed by atoms with Crippen molar-refractivity contribution in [3.05, 3.63) is 70.8 Å². The second-order valence-electron chi connectivity index (χ2n) is 6.19. The number of halogens is 3. The highest BCUT2D eigenvalue weighted by molar-refractivity contribution is 6.47. The van der Waals surface area contributed by atoms with Gasteiger partial charge in [-0.1, -0.05) is 46.7 Å². The van der Waals surface area contributed by atoms with Crippen molar-refractivity contribution in [1.82, 2.24) is 5.48 Å². The first kappa shape index (κ1) is 23.9. The van der Waals surface area contributed by atoms with Gasteiger partial charge in [0.1, 0.15) is 13.7 Å². The lowest BCUT2D eigenvalue weighted by atomic mass is 10.0. The van der Waals surface area contributed by atoms with Gasteiger partial charge in [-0.05, 0) is 24.6 Å². The van der Waals surface area contributed by atoms with Crippen LogP contribution in [0.25, 0.3) is 0 Å².